The summed E-state index contributed by atoms with van der Waals surface area (Å²) in [6.07, 6.45) is 8.00. The third-order valence-corrected chi connectivity index (χ3v) is 11.5. The van der Waals surface area contributed by atoms with E-state index < -0.39 is 15.6 Å². The first-order chi connectivity index (χ1) is 23.3. The first kappa shape index (κ1) is 49.1. The zero-order valence-electron chi connectivity index (χ0n) is 36.1. The van der Waals surface area contributed by atoms with Crippen molar-refractivity contribution in [1.82, 2.24) is 0 Å². The van der Waals surface area contributed by atoms with Crippen LogP contribution in [-0.4, -0.2) is 23.0 Å². The van der Waals surface area contributed by atoms with Crippen molar-refractivity contribution >= 4 is 15.6 Å². The molecule has 0 heterocycles. The number of hydrogen-bond donors (Lipinski definition) is 2. The van der Waals surface area contributed by atoms with Crippen LogP contribution >= 0.6 is 15.6 Å². The van der Waals surface area contributed by atoms with Gasteiger partial charge in [0.05, 0.1) is 13.2 Å². The quantitative estimate of drug-likeness (QED) is 0.112. The van der Waals surface area contributed by atoms with Crippen LogP contribution in [0.5, 0.6) is 11.5 Å². The van der Waals surface area contributed by atoms with Crippen molar-refractivity contribution < 1.29 is 37.0 Å². The summed E-state index contributed by atoms with van der Waals surface area (Å²) in [4.78, 5) is 21.3. The molecule has 2 N–H and O–H groups in total. The molecule has 10 heteroatoms. The Labute approximate surface area is 320 Å². The molecule has 1 aromatic carbocycles. The lowest BCUT2D eigenvalue weighted by Crippen LogP contribution is -2.24. The molecule has 8 nitrogen and oxygen atoms in total. The van der Waals surface area contributed by atoms with Crippen molar-refractivity contribution in [2.45, 2.75) is 162 Å². The highest BCUT2D eigenvalue weighted by Gasteiger charge is 2.32. The van der Waals surface area contributed by atoms with Crippen LogP contribution in [0.3, 0.4) is 0 Å². The van der Waals surface area contributed by atoms with Gasteiger partial charge < -0.3 is 9.05 Å². The van der Waals surface area contributed by atoms with Crippen molar-refractivity contribution in [3.05, 3.63) is 24.3 Å². The van der Waals surface area contributed by atoms with E-state index in [-0.39, 0.29) is 58.2 Å². The molecule has 1 rings (SSSR count). The molecular weight excluding hydrogens is 694 g/mol. The van der Waals surface area contributed by atoms with Gasteiger partial charge in [0.1, 0.15) is 11.5 Å². The van der Waals surface area contributed by atoms with Crippen molar-refractivity contribution in [1.29, 1.82) is 0 Å². The van der Waals surface area contributed by atoms with Gasteiger partial charge in [-0.25, -0.2) is 9.13 Å². The molecule has 0 aliphatic rings. The molecule has 0 saturated heterocycles. The summed E-state index contributed by atoms with van der Waals surface area (Å²) in [7, 11) is -8.88. The Morgan fingerprint density at radius 2 is 0.769 bits per heavy atom. The second-order valence-corrected chi connectivity index (χ2v) is 23.8. The highest BCUT2D eigenvalue weighted by molar-refractivity contribution is 7.48. The number of phosphoric ester groups is 2. The second kappa shape index (κ2) is 20.3. The van der Waals surface area contributed by atoms with Gasteiger partial charge in [-0.05, 0) is 120 Å². The highest BCUT2D eigenvalue weighted by atomic mass is 31.2. The van der Waals surface area contributed by atoms with Gasteiger partial charge in [-0.3, -0.25) is 18.8 Å². The average Bonchev–Trinajstić information content (AvgIpc) is 2.89. The van der Waals surface area contributed by atoms with E-state index in [1.165, 1.54) is 24.3 Å². The number of phosphoric acid groups is 2. The molecule has 0 aliphatic carbocycles. The second-order valence-electron chi connectivity index (χ2n) is 21.1. The largest absolute Gasteiger partial charge is 0.527 e. The lowest BCUT2D eigenvalue weighted by Gasteiger charge is -2.31. The normalized spacial score (nSPS) is 19.1. The molecule has 0 bridgehead atoms. The molecule has 0 amide bonds. The standard InChI is InChI=1S/C42H80O8P2/c1-31(25-39(5,6)7)17-19-35(33(3)27-41(11,12)13)29-47-51(43,44)49-37-21-23-38(24-22-37)50-52(45,46)48-30-36(34(4)28-42(14,15)16)20-18-32(2)26-40(8,9)10/h21-24,31-36H,17-20,25-30H2,1-16H3,(H,43,44)(H,45,46). The Morgan fingerprint density at radius 3 is 1.02 bits per heavy atom. The first-order valence-electron chi connectivity index (χ1n) is 19.8. The highest BCUT2D eigenvalue weighted by Crippen LogP contribution is 2.48. The minimum absolute atomic E-state index is 0.0883. The van der Waals surface area contributed by atoms with Crippen LogP contribution in [0.1, 0.15) is 162 Å². The summed E-state index contributed by atoms with van der Waals surface area (Å²) in [5.74, 6) is 2.04. The summed E-state index contributed by atoms with van der Waals surface area (Å²) in [6.45, 7) is 35.9. The maximum Gasteiger partial charge on any atom is 0.527 e. The summed E-state index contributed by atoms with van der Waals surface area (Å²) < 4.78 is 48.1. The molecule has 0 radical (unpaired) electrons. The summed E-state index contributed by atoms with van der Waals surface area (Å²) >= 11 is 0. The predicted octanol–water partition coefficient (Wildman–Crippen LogP) is 13.8. The Morgan fingerprint density at radius 1 is 0.500 bits per heavy atom. The minimum atomic E-state index is -4.44. The molecule has 8 atom stereocenters. The van der Waals surface area contributed by atoms with Crippen LogP contribution in [0, 0.1) is 57.2 Å². The van der Waals surface area contributed by atoms with Crippen molar-refractivity contribution in [3.8, 4) is 11.5 Å². The Kier molecular flexibility index (Phi) is 19.2. The van der Waals surface area contributed by atoms with Crippen molar-refractivity contribution in [2.75, 3.05) is 13.2 Å². The van der Waals surface area contributed by atoms with E-state index in [4.69, 9.17) is 18.1 Å². The molecule has 0 spiro atoms. The van der Waals surface area contributed by atoms with E-state index in [0.29, 0.717) is 23.7 Å². The van der Waals surface area contributed by atoms with Gasteiger partial charge in [-0.2, -0.15) is 0 Å². The molecule has 8 unspecified atom stereocenters. The van der Waals surface area contributed by atoms with Gasteiger partial charge in [0, 0.05) is 0 Å². The summed E-state index contributed by atoms with van der Waals surface area (Å²) in [6, 6.07) is 5.67. The molecule has 52 heavy (non-hydrogen) atoms. The molecule has 1 aromatic rings. The zero-order chi connectivity index (χ0) is 40.3. The maximum atomic E-state index is 13.1. The Bertz CT molecular complexity index is 1160. The van der Waals surface area contributed by atoms with E-state index >= 15 is 0 Å². The fourth-order valence-electron chi connectivity index (χ4n) is 7.88. The fourth-order valence-corrected chi connectivity index (χ4v) is 9.52. The Balaban J connectivity index is 2.89. The number of benzene rings is 1. The van der Waals surface area contributed by atoms with E-state index in [0.717, 1.165) is 51.4 Å². The van der Waals surface area contributed by atoms with E-state index in [2.05, 4.69) is 111 Å². The first-order valence-corrected chi connectivity index (χ1v) is 22.8. The molecule has 0 aliphatic heterocycles. The molecular formula is C42H80O8P2. The fraction of sp³-hybridized carbons (Fsp3) is 0.857. The SMILES string of the molecule is CC(CCC(COP(=O)(O)Oc1ccc(OP(=O)(O)OCC(CCC(C)CC(C)(C)C)C(C)CC(C)(C)C)cc1)C(C)CC(C)(C)C)CC(C)(C)C. The zero-order valence-corrected chi connectivity index (χ0v) is 37.9. The molecule has 0 fully saturated rings. The van der Waals surface area contributed by atoms with E-state index in [1.54, 1.807) is 0 Å². The molecule has 0 aromatic heterocycles. The van der Waals surface area contributed by atoms with Gasteiger partial charge in [-0.1, -0.05) is 124 Å². The number of rotatable bonds is 22. The van der Waals surface area contributed by atoms with Gasteiger partial charge in [-0.15, -0.1) is 0 Å². The van der Waals surface area contributed by atoms with Crippen LogP contribution in [0.15, 0.2) is 24.3 Å². The van der Waals surface area contributed by atoms with Crippen molar-refractivity contribution in [3.63, 3.8) is 0 Å². The predicted molar refractivity (Wildman–Crippen MR) is 218 cm³/mol. The molecule has 306 valence electrons. The van der Waals surface area contributed by atoms with Crippen LogP contribution in [0.2, 0.25) is 0 Å². The van der Waals surface area contributed by atoms with Gasteiger partial charge in [0.25, 0.3) is 0 Å². The lowest BCUT2D eigenvalue weighted by atomic mass is 9.76. The topological polar surface area (TPSA) is 112 Å². The van der Waals surface area contributed by atoms with Crippen LogP contribution in [0.25, 0.3) is 0 Å². The lowest BCUT2D eigenvalue weighted by molar-refractivity contribution is 0.119. The van der Waals surface area contributed by atoms with Gasteiger partial charge in [0.2, 0.25) is 0 Å². The molecule has 0 saturated carbocycles. The maximum absolute atomic E-state index is 13.1. The van der Waals surface area contributed by atoms with E-state index in [9.17, 15) is 18.9 Å². The van der Waals surface area contributed by atoms with Crippen molar-refractivity contribution in [2.24, 2.45) is 57.2 Å². The van der Waals surface area contributed by atoms with Gasteiger partial charge in [0.15, 0.2) is 0 Å². The van der Waals surface area contributed by atoms with Gasteiger partial charge >= 0.3 is 15.6 Å². The summed E-state index contributed by atoms with van der Waals surface area (Å²) in [5, 5.41) is 0. The van der Waals surface area contributed by atoms with Crippen LogP contribution in [-0.2, 0) is 18.2 Å². The average molecular weight is 775 g/mol. The third kappa shape index (κ3) is 23.8. The minimum Gasteiger partial charge on any atom is -0.404 e. The number of hydrogen-bond acceptors (Lipinski definition) is 6. The van der Waals surface area contributed by atoms with Crippen LogP contribution < -0.4 is 9.05 Å². The summed E-state index contributed by atoms with van der Waals surface area (Å²) in [5.41, 5.74) is 0.741. The van der Waals surface area contributed by atoms with E-state index in [1.807, 2.05) is 0 Å². The third-order valence-electron chi connectivity index (χ3n) is 9.63. The smallest absolute Gasteiger partial charge is 0.404 e. The van der Waals surface area contributed by atoms with Crippen LogP contribution in [0.4, 0.5) is 0 Å². The monoisotopic (exact) mass is 775 g/mol. The Hall–Kier alpha value is -0.880.